The van der Waals surface area contributed by atoms with Crippen LogP contribution in [0.3, 0.4) is 0 Å². The maximum Gasteiger partial charge on any atom is 0.285 e. The SMILES string of the molecule is CCCOc1cc(CNc2c(OC(OC)c3ccccc3)n[nH]c(=O)c2Cl)ccc1OC. The van der Waals surface area contributed by atoms with Gasteiger partial charge in [-0.15, -0.1) is 5.10 Å². The molecule has 2 N–H and O–H groups in total. The van der Waals surface area contributed by atoms with E-state index in [2.05, 4.69) is 15.5 Å². The molecule has 0 bridgehead atoms. The number of hydrogen-bond donors (Lipinski definition) is 2. The van der Waals surface area contributed by atoms with E-state index in [4.69, 9.17) is 30.5 Å². The Kier molecular flexibility index (Phi) is 8.35. The lowest BCUT2D eigenvalue weighted by Gasteiger charge is -2.19. The van der Waals surface area contributed by atoms with Crippen molar-refractivity contribution < 1.29 is 18.9 Å². The number of hydrogen-bond acceptors (Lipinski definition) is 7. The molecule has 0 aliphatic carbocycles. The standard InChI is InChI=1S/C23H26ClN3O5/c1-4-12-31-18-13-15(10-11-17(18)29-2)14-25-20-19(24)21(28)26-27-22(20)32-23(30-3)16-8-6-5-7-9-16/h5-11,13,23H,4,12,14H2,1-3H3,(H2,25,26,28). The summed E-state index contributed by atoms with van der Waals surface area (Å²) in [5.74, 6) is 1.40. The van der Waals surface area contributed by atoms with Crippen molar-refractivity contribution in [2.45, 2.75) is 26.2 Å². The Bertz CT molecular complexity index is 1070. The van der Waals surface area contributed by atoms with Gasteiger partial charge in [0.25, 0.3) is 11.4 Å². The van der Waals surface area contributed by atoms with Gasteiger partial charge in [-0.1, -0.05) is 54.9 Å². The molecular weight excluding hydrogens is 434 g/mol. The van der Waals surface area contributed by atoms with E-state index in [1.807, 2.05) is 55.5 Å². The minimum atomic E-state index is -0.735. The van der Waals surface area contributed by atoms with Gasteiger partial charge in [-0.3, -0.25) is 4.79 Å². The zero-order chi connectivity index (χ0) is 22.9. The van der Waals surface area contributed by atoms with Crippen molar-refractivity contribution in [3.8, 4) is 17.4 Å². The van der Waals surface area contributed by atoms with Crippen LogP contribution in [-0.2, 0) is 11.3 Å². The van der Waals surface area contributed by atoms with Crippen LogP contribution in [0.2, 0.25) is 5.02 Å². The minimum absolute atomic E-state index is 0.0612. The summed E-state index contributed by atoms with van der Waals surface area (Å²) in [5, 5.41) is 9.45. The third-order valence-electron chi connectivity index (χ3n) is 4.56. The van der Waals surface area contributed by atoms with Crippen LogP contribution < -0.4 is 25.1 Å². The van der Waals surface area contributed by atoms with Crippen LogP contribution in [0, 0.1) is 0 Å². The number of ether oxygens (including phenoxy) is 4. The highest BCUT2D eigenvalue weighted by atomic mass is 35.5. The monoisotopic (exact) mass is 459 g/mol. The maximum atomic E-state index is 12.1. The second kappa shape index (κ2) is 11.4. The van der Waals surface area contributed by atoms with Crippen molar-refractivity contribution in [1.82, 2.24) is 10.2 Å². The molecule has 2 aromatic carbocycles. The number of halogens is 1. The van der Waals surface area contributed by atoms with Gasteiger partial charge in [0.1, 0.15) is 10.7 Å². The molecule has 1 atom stereocenters. The molecule has 8 nitrogen and oxygen atoms in total. The Morgan fingerprint density at radius 1 is 1.12 bits per heavy atom. The summed E-state index contributed by atoms with van der Waals surface area (Å²) in [6, 6.07) is 15.0. The molecule has 1 unspecified atom stereocenters. The smallest absolute Gasteiger partial charge is 0.285 e. The van der Waals surface area contributed by atoms with Gasteiger partial charge in [0.2, 0.25) is 6.29 Å². The zero-order valence-corrected chi connectivity index (χ0v) is 18.9. The Morgan fingerprint density at radius 3 is 2.59 bits per heavy atom. The van der Waals surface area contributed by atoms with Crippen LogP contribution in [-0.4, -0.2) is 31.0 Å². The van der Waals surface area contributed by atoms with Gasteiger partial charge < -0.3 is 24.3 Å². The molecule has 1 aromatic heterocycles. The number of anilines is 1. The summed E-state index contributed by atoms with van der Waals surface area (Å²) in [7, 11) is 3.11. The maximum absolute atomic E-state index is 12.1. The Labute approximate surface area is 191 Å². The second-order valence-corrected chi connectivity index (χ2v) is 7.21. The van der Waals surface area contributed by atoms with E-state index in [-0.39, 0.29) is 16.6 Å². The Morgan fingerprint density at radius 2 is 1.91 bits per heavy atom. The summed E-state index contributed by atoms with van der Waals surface area (Å²) in [6.07, 6.45) is 0.143. The first-order valence-corrected chi connectivity index (χ1v) is 10.5. The summed E-state index contributed by atoms with van der Waals surface area (Å²) >= 11 is 6.27. The van der Waals surface area contributed by atoms with Crippen LogP contribution in [0.5, 0.6) is 17.4 Å². The molecule has 3 aromatic rings. The van der Waals surface area contributed by atoms with Crippen molar-refractivity contribution in [2.75, 3.05) is 26.1 Å². The number of aromatic amines is 1. The van der Waals surface area contributed by atoms with E-state index in [9.17, 15) is 4.79 Å². The first kappa shape index (κ1) is 23.4. The molecule has 0 fully saturated rings. The molecule has 0 spiro atoms. The van der Waals surface area contributed by atoms with Crippen molar-refractivity contribution in [3.05, 3.63) is 75.0 Å². The summed E-state index contributed by atoms with van der Waals surface area (Å²) in [5.41, 5.74) is 1.42. The van der Waals surface area contributed by atoms with E-state index in [1.54, 1.807) is 7.11 Å². The molecule has 0 amide bonds. The van der Waals surface area contributed by atoms with E-state index in [1.165, 1.54) is 7.11 Å². The first-order valence-electron chi connectivity index (χ1n) is 10.1. The van der Waals surface area contributed by atoms with Gasteiger partial charge in [0, 0.05) is 19.2 Å². The van der Waals surface area contributed by atoms with Gasteiger partial charge >= 0.3 is 0 Å². The second-order valence-electron chi connectivity index (χ2n) is 6.83. The van der Waals surface area contributed by atoms with Gasteiger partial charge in [-0.2, -0.15) is 0 Å². The van der Waals surface area contributed by atoms with E-state index < -0.39 is 11.8 Å². The molecule has 0 saturated carbocycles. The zero-order valence-electron chi connectivity index (χ0n) is 18.2. The molecule has 0 saturated heterocycles. The Balaban J connectivity index is 1.84. The lowest BCUT2D eigenvalue weighted by molar-refractivity contribution is -0.0589. The predicted octanol–water partition coefficient (Wildman–Crippen LogP) is 4.56. The highest BCUT2D eigenvalue weighted by Crippen LogP contribution is 2.33. The van der Waals surface area contributed by atoms with Crippen LogP contribution in [0.4, 0.5) is 5.69 Å². The fourth-order valence-corrected chi connectivity index (χ4v) is 3.15. The molecule has 0 radical (unpaired) electrons. The number of benzene rings is 2. The average molecular weight is 460 g/mol. The molecule has 0 aliphatic rings. The number of rotatable bonds is 11. The lowest BCUT2D eigenvalue weighted by Crippen LogP contribution is -2.18. The van der Waals surface area contributed by atoms with E-state index in [0.717, 1.165) is 17.5 Å². The number of aromatic nitrogens is 2. The fourth-order valence-electron chi connectivity index (χ4n) is 2.96. The topological polar surface area (TPSA) is 94.7 Å². The molecule has 9 heteroatoms. The summed E-state index contributed by atoms with van der Waals surface area (Å²) < 4.78 is 22.5. The highest BCUT2D eigenvalue weighted by Gasteiger charge is 2.20. The quantitative estimate of drug-likeness (QED) is 0.406. The largest absolute Gasteiger partial charge is 0.493 e. The van der Waals surface area contributed by atoms with Crippen molar-refractivity contribution in [1.29, 1.82) is 0 Å². The van der Waals surface area contributed by atoms with E-state index in [0.29, 0.717) is 24.7 Å². The summed E-state index contributed by atoms with van der Waals surface area (Å²) in [4.78, 5) is 12.1. The Hall–Kier alpha value is -3.23. The average Bonchev–Trinajstić information content (AvgIpc) is 2.83. The molecular formula is C23H26ClN3O5. The first-order chi connectivity index (χ1) is 15.6. The molecule has 3 rings (SSSR count). The predicted molar refractivity (Wildman–Crippen MR) is 123 cm³/mol. The third kappa shape index (κ3) is 5.72. The number of methoxy groups -OCH3 is 2. The van der Waals surface area contributed by atoms with Crippen molar-refractivity contribution in [3.63, 3.8) is 0 Å². The van der Waals surface area contributed by atoms with Crippen LogP contribution in [0.1, 0.15) is 30.8 Å². The lowest BCUT2D eigenvalue weighted by atomic mass is 10.2. The third-order valence-corrected chi connectivity index (χ3v) is 4.92. The summed E-state index contributed by atoms with van der Waals surface area (Å²) in [6.45, 7) is 2.95. The van der Waals surface area contributed by atoms with Gasteiger partial charge in [-0.25, -0.2) is 5.10 Å². The minimum Gasteiger partial charge on any atom is -0.493 e. The highest BCUT2D eigenvalue weighted by molar-refractivity contribution is 6.33. The van der Waals surface area contributed by atoms with Crippen LogP contribution in [0.25, 0.3) is 0 Å². The normalized spacial score (nSPS) is 11.6. The molecule has 170 valence electrons. The van der Waals surface area contributed by atoms with Crippen LogP contribution >= 0.6 is 11.6 Å². The van der Waals surface area contributed by atoms with Crippen molar-refractivity contribution >= 4 is 17.3 Å². The number of nitrogens with zero attached hydrogens (tertiary/aromatic N) is 1. The van der Waals surface area contributed by atoms with E-state index >= 15 is 0 Å². The molecule has 32 heavy (non-hydrogen) atoms. The van der Waals surface area contributed by atoms with Gasteiger partial charge in [-0.05, 0) is 24.1 Å². The number of H-pyrrole nitrogens is 1. The van der Waals surface area contributed by atoms with Gasteiger partial charge in [0.15, 0.2) is 11.5 Å². The van der Waals surface area contributed by atoms with Gasteiger partial charge in [0.05, 0.1) is 13.7 Å². The number of nitrogens with one attached hydrogen (secondary N) is 2. The fraction of sp³-hybridized carbons (Fsp3) is 0.304. The van der Waals surface area contributed by atoms with Crippen LogP contribution in [0.15, 0.2) is 53.3 Å². The molecule has 1 heterocycles. The molecule has 0 aliphatic heterocycles. The van der Waals surface area contributed by atoms with Crippen molar-refractivity contribution in [2.24, 2.45) is 0 Å².